The lowest BCUT2D eigenvalue weighted by Gasteiger charge is -2.06. The van der Waals surface area contributed by atoms with Crippen molar-refractivity contribution in [1.82, 2.24) is 9.97 Å². The van der Waals surface area contributed by atoms with Crippen LogP contribution in [0.15, 0.2) is 30.3 Å². The fourth-order valence-corrected chi connectivity index (χ4v) is 1.61. The molecule has 1 aromatic heterocycles. The molecule has 0 spiro atoms. The van der Waals surface area contributed by atoms with Crippen LogP contribution in [-0.2, 0) is 0 Å². The molecule has 0 amide bonds. The molecule has 86 valence electrons. The van der Waals surface area contributed by atoms with E-state index in [2.05, 4.69) is 9.97 Å². The highest BCUT2D eigenvalue weighted by atomic mass is 35.5. The fraction of sp³-hybridized carbons (Fsp3) is 0. The topological polar surface area (TPSA) is 89.1 Å². The number of benzene rings is 1. The summed E-state index contributed by atoms with van der Waals surface area (Å²) in [6, 6.07) is 8.95. The quantitative estimate of drug-likeness (QED) is 0.851. The summed E-state index contributed by atoms with van der Waals surface area (Å²) < 4.78 is 0. The van der Waals surface area contributed by atoms with Crippen LogP contribution < -0.4 is 5.73 Å². The van der Waals surface area contributed by atoms with Gasteiger partial charge in [0.2, 0.25) is 0 Å². The van der Waals surface area contributed by atoms with E-state index in [1.807, 2.05) is 6.07 Å². The molecule has 0 radical (unpaired) electrons. The van der Waals surface area contributed by atoms with E-state index in [9.17, 15) is 4.79 Å². The third-order valence-corrected chi connectivity index (χ3v) is 2.39. The van der Waals surface area contributed by atoms with Gasteiger partial charge < -0.3 is 10.8 Å². The first-order valence-corrected chi connectivity index (χ1v) is 5.09. The van der Waals surface area contributed by atoms with Crippen molar-refractivity contribution < 1.29 is 9.90 Å². The van der Waals surface area contributed by atoms with Crippen molar-refractivity contribution in [3.05, 3.63) is 41.2 Å². The van der Waals surface area contributed by atoms with Gasteiger partial charge in [-0.2, -0.15) is 0 Å². The summed E-state index contributed by atoms with van der Waals surface area (Å²) in [6.45, 7) is 0. The molecule has 0 unspecified atom stereocenters. The molecule has 0 bridgehead atoms. The summed E-state index contributed by atoms with van der Waals surface area (Å²) in [4.78, 5) is 18.6. The predicted octanol–water partition coefficient (Wildman–Crippen LogP) is 2.08. The Morgan fingerprint density at radius 2 is 1.88 bits per heavy atom. The number of anilines is 1. The minimum atomic E-state index is -1.23. The van der Waals surface area contributed by atoms with Crippen molar-refractivity contribution >= 4 is 23.4 Å². The Balaban J connectivity index is 2.63. The smallest absolute Gasteiger partial charge is 0.358 e. The van der Waals surface area contributed by atoms with Crippen molar-refractivity contribution in [2.24, 2.45) is 0 Å². The molecular formula is C11H8ClN3O2. The number of hydrogen-bond acceptors (Lipinski definition) is 4. The molecule has 17 heavy (non-hydrogen) atoms. The van der Waals surface area contributed by atoms with Crippen LogP contribution in [-0.4, -0.2) is 21.0 Å². The van der Waals surface area contributed by atoms with Crippen molar-refractivity contribution in [1.29, 1.82) is 0 Å². The van der Waals surface area contributed by atoms with Crippen LogP contribution in [0, 0.1) is 0 Å². The first-order valence-electron chi connectivity index (χ1n) is 4.71. The van der Waals surface area contributed by atoms with Gasteiger partial charge in [-0.1, -0.05) is 41.9 Å². The normalized spacial score (nSPS) is 10.2. The number of carbonyl (C=O) groups is 1. The number of carboxylic acids is 1. The number of halogens is 1. The van der Waals surface area contributed by atoms with Gasteiger partial charge in [-0.05, 0) is 0 Å². The minimum absolute atomic E-state index is 0.0821. The third-order valence-electron chi connectivity index (χ3n) is 2.13. The molecular weight excluding hydrogens is 242 g/mol. The minimum Gasteiger partial charge on any atom is -0.476 e. The maximum atomic E-state index is 10.9. The second-order valence-electron chi connectivity index (χ2n) is 3.27. The lowest BCUT2D eigenvalue weighted by atomic mass is 10.1. The van der Waals surface area contributed by atoms with Gasteiger partial charge >= 0.3 is 5.97 Å². The second kappa shape index (κ2) is 4.39. The fourth-order valence-electron chi connectivity index (χ4n) is 1.36. The summed E-state index contributed by atoms with van der Waals surface area (Å²) >= 11 is 5.89. The molecule has 0 aliphatic rings. The zero-order chi connectivity index (χ0) is 12.4. The number of nitrogen functional groups attached to an aromatic ring is 1. The lowest BCUT2D eigenvalue weighted by molar-refractivity contribution is 0.0691. The van der Waals surface area contributed by atoms with Gasteiger partial charge in [0.1, 0.15) is 5.69 Å². The van der Waals surface area contributed by atoms with E-state index in [0.717, 1.165) is 0 Å². The highest BCUT2D eigenvalue weighted by Crippen LogP contribution is 2.25. The zero-order valence-electron chi connectivity index (χ0n) is 8.59. The van der Waals surface area contributed by atoms with Gasteiger partial charge in [-0.25, -0.2) is 14.8 Å². The van der Waals surface area contributed by atoms with Crippen LogP contribution in [0.3, 0.4) is 0 Å². The van der Waals surface area contributed by atoms with Crippen LogP contribution in [0.25, 0.3) is 11.3 Å². The summed E-state index contributed by atoms with van der Waals surface area (Å²) in [5.41, 5.74) is 6.12. The van der Waals surface area contributed by atoms with Crippen LogP contribution in [0.1, 0.15) is 10.5 Å². The maximum absolute atomic E-state index is 10.9. The number of aromatic carboxylic acids is 1. The van der Waals surface area contributed by atoms with Gasteiger partial charge in [0.25, 0.3) is 0 Å². The molecule has 6 heteroatoms. The number of rotatable bonds is 2. The van der Waals surface area contributed by atoms with Crippen LogP contribution in [0.4, 0.5) is 5.82 Å². The van der Waals surface area contributed by atoms with Gasteiger partial charge in [0.15, 0.2) is 16.7 Å². The number of nitrogens with zero attached hydrogens (tertiary/aromatic N) is 2. The summed E-state index contributed by atoms with van der Waals surface area (Å²) in [6.07, 6.45) is 0. The standard InChI is InChI=1S/C11H8ClN3O2/c12-9-7(6-4-2-1-3-5-6)14-8(11(16)17)10(13)15-9/h1-5H,(H2,13,15)(H,16,17). The van der Waals surface area contributed by atoms with E-state index in [1.54, 1.807) is 24.3 Å². The highest BCUT2D eigenvalue weighted by Gasteiger charge is 2.16. The predicted molar refractivity (Wildman–Crippen MR) is 63.8 cm³/mol. The average Bonchev–Trinajstić information content (AvgIpc) is 2.29. The second-order valence-corrected chi connectivity index (χ2v) is 3.63. The molecule has 0 saturated heterocycles. The van der Waals surface area contributed by atoms with E-state index in [1.165, 1.54) is 0 Å². The molecule has 0 aliphatic carbocycles. The van der Waals surface area contributed by atoms with E-state index in [0.29, 0.717) is 11.3 Å². The SMILES string of the molecule is Nc1nc(Cl)c(-c2ccccc2)nc1C(=O)O. The average molecular weight is 250 g/mol. The van der Waals surface area contributed by atoms with E-state index in [4.69, 9.17) is 22.4 Å². The summed E-state index contributed by atoms with van der Waals surface area (Å²) in [5.74, 6) is -1.42. The van der Waals surface area contributed by atoms with Crippen LogP contribution in [0.2, 0.25) is 5.15 Å². The van der Waals surface area contributed by atoms with Gasteiger partial charge in [0, 0.05) is 5.56 Å². The molecule has 3 N–H and O–H groups in total. The molecule has 1 aromatic carbocycles. The molecule has 0 saturated carbocycles. The highest BCUT2D eigenvalue weighted by molar-refractivity contribution is 6.32. The molecule has 0 fully saturated rings. The first kappa shape index (κ1) is 11.3. The molecule has 5 nitrogen and oxygen atoms in total. The molecule has 0 atom stereocenters. The molecule has 0 aliphatic heterocycles. The van der Waals surface area contributed by atoms with Crippen molar-refractivity contribution in [3.8, 4) is 11.3 Å². The Bertz CT molecular complexity index is 572. The van der Waals surface area contributed by atoms with E-state index < -0.39 is 5.97 Å². The Kier molecular flexibility index (Phi) is 2.93. The van der Waals surface area contributed by atoms with Crippen molar-refractivity contribution in [2.75, 3.05) is 5.73 Å². The Hall–Kier alpha value is -2.14. The first-order chi connectivity index (χ1) is 8.09. The molecule has 2 aromatic rings. The summed E-state index contributed by atoms with van der Waals surface area (Å²) in [7, 11) is 0. The van der Waals surface area contributed by atoms with E-state index in [-0.39, 0.29) is 16.7 Å². The van der Waals surface area contributed by atoms with Crippen molar-refractivity contribution in [2.45, 2.75) is 0 Å². The molecule has 1 heterocycles. The number of hydrogen-bond donors (Lipinski definition) is 2. The number of aromatic nitrogens is 2. The van der Waals surface area contributed by atoms with Crippen LogP contribution >= 0.6 is 11.6 Å². The van der Waals surface area contributed by atoms with Gasteiger partial charge in [-0.15, -0.1) is 0 Å². The Labute approximate surface area is 102 Å². The van der Waals surface area contributed by atoms with Gasteiger partial charge in [-0.3, -0.25) is 0 Å². The van der Waals surface area contributed by atoms with E-state index >= 15 is 0 Å². The third kappa shape index (κ3) is 2.19. The Morgan fingerprint density at radius 1 is 1.24 bits per heavy atom. The maximum Gasteiger partial charge on any atom is 0.358 e. The lowest BCUT2D eigenvalue weighted by Crippen LogP contribution is -2.09. The summed E-state index contributed by atoms with van der Waals surface area (Å²) in [5, 5.41) is 8.98. The number of nitrogens with two attached hydrogens (primary N) is 1. The van der Waals surface area contributed by atoms with Crippen LogP contribution in [0.5, 0.6) is 0 Å². The van der Waals surface area contributed by atoms with Gasteiger partial charge in [0.05, 0.1) is 0 Å². The Morgan fingerprint density at radius 3 is 2.47 bits per heavy atom. The zero-order valence-corrected chi connectivity index (χ0v) is 9.35. The molecule has 2 rings (SSSR count). The number of carboxylic acid groups (broad SMARTS) is 1. The largest absolute Gasteiger partial charge is 0.476 e. The van der Waals surface area contributed by atoms with Crippen molar-refractivity contribution in [3.63, 3.8) is 0 Å². The monoisotopic (exact) mass is 249 g/mol.